The molecule has 1 saturated carbocycles. The maximum Gasteiger partial charge on any atom is 0.103 e. The molecule has 0 saturated heterocycles. The largest absolute Gasteiger partial charge is 0.466 e. The van der Waals surface area contributed by atoms with E-state index in [4.69, 9.17) is 15.9 Å². The number of hydrogen-bond donors (Lipinski definition) is 1. The van der Waals surface area contributed by atoms with Crippen molar-refractivity contribution in [2.75, 3.05) is 11.6 Å². The zero-order valence-corrected chi connectivity index (χ0v) is 24.0. The lowest BCUT2D eigenvalue weighted by Crippen LogP contribution is -2.08. The van der Waals surface area contributed by atoms with Gasteiger partial charge in [0.2, 0.25) is 0 Å². The van der Waals surface area contributed by atoms with Crippen LogP contribution < -0.4 is 5.32 Å². The summed E-state index contributed by atoms with van der Waals surface area (Å²) >= 11 is 5.47. The highest BCUT2D eigenvalue weighted by molar-refractivity contribution is 8.28. The third-order valence-electron chi connectivity index (χ3n) is 6.63. The van der Waals surface area contributed by atoms with Gasteiger partial charge in [-0.25, -0.2) is 0 Å². The number of nitrogens with one attached hydrogen (secondary N) is 1. The summed E-state index contributed by atoms with van der Waals surface area (Å²) in [6.07, 6.45) is 14.3. The summed E-state index contributed by atoms with van der Waals surface area (Å²) in [6.45, 7) is 17.4. The van der Waals surface area contributed by atoms with Gasteiger partial charge in [0.15, 0.2) is 0 Å². The zero-order valence-electron chi connectivity index (χ0n) is 22.4. The number of anilines is 1. The van der Waals surface area contributed by atoms with E-state index in [1.165, 1.54) is 29.5 Å². The third kappa shape index (κ3) is 8.53. The molecule has 188 valence electrons. The molecule has 0 amide bonds. The summed E-state index contributed by atoms with van der Waals surface area (Å²) in [6, 6.07) is 6.64. The molecule has 3 unspecified atom stereocenters. The van der Waals surface area contributed by atoms with E-state index in [1.54, 1.807) is 0 Å². The van der Waals surface area contributed by atoms with Gasteiger partial charge in [-0.2, -0.15) is 0 Å². The van der Waals surface area contributed by atoms with Crippen molar-refractivity contribution in [1.29, 1.82) is 0 Å². The van der Waals surface area contributed by atoms with Gasteiger partial charge >= 0.3 is 0 Å². The second-order valence-electron chi connectivity index (χ2n) is 9.76. The Labute approximate surface area is 216 Å². The molecule has 1 N–H and O–H groups in total. The molecule has 2 rings (SSSR count). The van der Waals surface area contributed by atoms with Crippen LogP contribution in [0.4, 0.5) is 5.69 Å². The van der Waals surface area contributed by atoms with Crippen molar-refractivity contribution in [2.24, 2.45) is 17.8 Å². The normalized spacial score (nSPS) is 20.5. The van der Waals surface area contributed by atoms with Crippen LogP contribution in [0.15, 0.2) is 65.8 Å². The number of aryl methyl sites for hydroxylation is 1. The Hall–Kier alpha value is -1.65. The minimum atomic E-state index is -0.0239. The molecular formula is C30H45NOS2. The van der Waals surface area contributed by atoms with E-state index in [0.29, 0.717) is 17.8 Å². The maximum absolute atomic E-state index is 6.40. The molecule has 0 bridgehead atoms. The minimum Gasteiger partial charge on any atom is -0.466 e. The summed E-state index contributed by atoms with van der Waals surface area (Å²) in [5, 5.41) is 3.52. The topological polar surface area (TPSA) is 21.3 Å². The molecular weight excluding hydrogens is 454 g/mol. The first-order valence-electron chi connectivity index (χ1n) is 12.8. The summed E-state index contributed by atoms with van der Waals surface area (Å²) in [7, 11) is -0.0239. The van der Waals surface area contributed by atoms with Gasteiger partial charge in [0.25, 0.3) is 0 Å². The van der Waals surface area contributed by atoms with Crippen LogP contribution in [0, 0.1) is 17.8 Å². The van der Waals surface area contributed by atoms with Gasteiger partial charge in [-0.15, -0.1) is 9.45 Å². The standard InChI is InChI=1S/C30H45NOS2/c1-9-12-30(32-29(11-3)21(4)5)26-14-13-25(18-26)22(6)17-23(7)31-28-16-15-24(10-2)27(19-28)20-34(8)33/h11-12,15-17,19,21,25-26,31H,7,9-10,13-14,18,20H2,1-6,8H3/b22-17+,29-11-,30-12+. The highest BCUT2D eigenvalue weighted by Gasteiger charge is 2.30. The average Bonchev–Trinajstić information content (AvgIpc) is 3.26. The summed E-state index contributed by atoms with van der Waals surface area (Å²) in [5.41, 5.74) is 6.19. The van der Waals surface area contributed by atoms with Crippen LogP contribution in [0.5, 0.6) is 0 Å². The third-order valence-corrected chi connectivity index (χ3v) is 7.70. The zero-order chi connectivity index (χ0) is 25.3. The Morgan fingerprint density at radius 2 is 1.94 bits per heavy atom. The van der Waals surface area contributed by atoms with Crippen LogP contribution in [0.3, 0.4) is 0 Å². The first kappa shape index (κ1) is 28.6. The molecule has 1 aromatic rings. The molecule has 1 fully saturated rings. The predicted octanol–water partition coefficient (Wildman–Crippen LogP) is 8.62. The fraction of sp³-hybridized carbons (Fsp3) is 0.533. The van der Waals surface area contributed by atoms with Gasteiger partial charge in [0, 0.05) is 29.0 Å². The number of ether oxygens (including phenoxy) is 1. The van der Waals surface area contributed by atoms with Crippen LogP contribution in [-0.2, 0) is 37.6 Å². The summed E-state index contributed by atoms with van der Waals surface area (Å²) < 4.78 is 6.40. The lowest BCUT2D eigenvalue weighted by Gasteiger charge is -2.21. The van der Waals surface area contributed by atoms with E-state index in [2.05, 4.69) is 96.1 Å². The summed E-state index contributed by atoms with van der Waals surface area (Å²) in [4.78, 5) is 0. The van der Waals surface area contributed by atoms with E-state index in [-0.39, 0.29) is 9.45 Å². The van der Waals surface area contributed by atoms with Crippen molar-refractivity contribution in [1.82, 2.24) is 0 Å². The Morgan fingerprint density at radius 3 is 2.53 bits per heavy atom. The van der Waals surface area contributed by atoms with Crippen molar-refractivity contribution >= 4 is 26.3 Å². The molecule has 0 aliphatic heterocycles. The molecule has 1 aliphatic carbocycles. The fourth-order valence-corrected chi connectivity index (χ4v) is 5.90. The highest BCUT2D eigenvalue weighted by Crippen LogP contribution is 2.41. The van der Waals surface area contributed by atoms with Gasteiger partial charge in [-0.1, -0.05) is 57.1 Å². The minimum absolute atomic E-state index is 0.0239. The van der Waals surface area contributed by atoms with Crippen molar-refractivity contribution in [3.8, 4) is 0 Å². The van der Waals surface area contributed by atoms with Crippen LogP contribution in [0.2, 0.25) is 0 Å². The first-order chi connectivity index (χ1) is 16.2. The van der Waals surface area contributed by atoms with Gasteiger partial charge in [0.1, 0.15) is 11.5 Å². The van der Waals surface area contributed by atoms with E-state index in [1.807, 2.05) is 0 Å². The van der Waals surface area contributed by atoms with Crippen LogP contribution in [0.25, 0.3) is 0 Å². The molecule has 34 heavy (non-hydrogen) atoms. The van der Waals surface area contributed by atoms with E-state index in [0.717, 1.165) is 47.9 Å². The fourth-order valence-electron chi connectivity index (χ4n) is 4.81. The monoisotopic (exact) mass is 499 g/mol. The Balaban J connectivity index is 2.06. The Morgan fingerprint density at radius 1 is 1.24 bits per heavy atom. The maximum atomic E-state index is 6.40. The molecule has 1 aromatic carbocycles. The van der Waals surface area contributed by atoms with Gasteiger partial charge in [-0.05, 0) is 99.6 Å². The molecule has 0 spiro atoms. The second-order valence-corrected chi connectivity index (χ2v) is 12.9. The average molecular weight is 500 g/mol. The van der Waals surface area contributed by atoms with Gasteiger partial charge < -0.3 is 10.1 Å². The Kier molecular flexibility index (Phi) is 11.8. The van der Waals surface area contributed by atoms with Crippen molar-refractivity contribution in [3.63, 3.8) is 0 Å². The van der Waals surface area contributed by atoms with Gasteiger partial charge in [0.05, 0.1) is 0 Å². The van der Waals surface area contributed by atoms with E-state index in [9.17, 15) is 0 Å². The SMILES string of the molecule is C=C(/C=C(\C)C1CCC(/C(=C\CC)O/C(=C\C)C(C)C)C1)Nc1ccc(CC)c(CS(C)=S)c1. The Bertz CT molecular complexity index is 955. The first-order valence-corrected chi connectivity index (χ1v) is 15.5. The lowest BCUT2D eigenvalue weighted by atomic mass is 9.95. The van der Waals surface area contributed by atoms with Crippen LogP contribution in [0.1, 0.15) is 78.4 Å². The second kappa shape index (κ2) is 14.0. The molecule has 1 aliphatic rings. The van der Waals surface area contributed by atoms with Crippen molar-refractivity contribution in [2.45, 2.75) is 79.4 Å². The number of rotatable bonds is 12. The molecule has 0 aromatic heterocycles. The summed E-state index contributed by atoms with van der Waals surface area (Å²) in [5.74, 6) is 4.67. The van der Waals surface area contributed by atoms with E-state index < -0.39 is 0 Å². The lowest BCUT2D eigenvalue weighted by molar-refractivity contribution is 0.222. The van der Waals surface area contributed by atoms with Gasteiger partial charge in [-0.3, -0.25) is 0 Å². The molecule has 4 heteroatoms. The molecule has 3 atom stereocenters. The quantitative estimate of drug-likeness (QED) is 0.230. The van der Waals surface area contributed by atoms with Crippen LogP contribution >= 0.6 is 0 Å². The number of allylic oxidation sites excluding steroid dienone is 6. The smallest absolute Gasteiger partial charge is 0.103 e. The number of hydrogen-bond acceptors (Lipinski definition) is 3. The molecule has 0 radical (unpaired) electrons. The van der Waals surface area contributed by atoms with Crippen molar-refractivity contribution < 1.29 is 4.74 Å². The predicted molar refractivity (Wildman–Crippen MR) is 156 cm³/mol. The van der Waals surface area contributed by atoms with Crippen LogP contribution in [-0.4, -0.2) is 6.26 Å². The van der Waals surface area contributed by atoms with Crippen molar-refractivity contribution in [3.05, 3.63) is 76.9 Å². The molecule has 2 nitrogen and oxygen atoms in total. The highest BCUT2D eigenvalue weighted by atomic mass is 32.8. The van der Waals surface area contributed by atoms with E-state index >= 15 is 0 Å². The molecule has 0 heterocycles. The number of benzene rings is 1.